The average Bonchev–Trinajstić information content (AvgIpc) is 2.72. The van der Waals surface area contributed by atoms with E-state index >= 15 is 0 Å². The second kappa shape index (κ2) is 8.94. The maximum atomic E-state index is 13.2. The van der Waals surface area contributed by atoms with E-state index in [1.807, 2.05) is 29.6 Å². The van der Waals surface area contributed by atoms with Crippen LogP contribution in [0.2, 0.25) is 0 Å². The Kier molecular flexibility index (Phi) is 6.34. The predicted octanol–water partition coefficient (Wildman–Crippen LogP) is 2.96. The van der Waals surface area contributed by atoms with Crippen LogP contribution in [-0.4, -0.2) is 46.0 Å². The first-order valence-electron chi connectivity index (χ1n) is 9.47. The average molecular weight is 414 g/mol. The summed E-state index contributed by atoms with van der Waals surface area (Å²) in [7, 11) is 0. The highest BCUT2D eigenvalue weighted by Gasteiger charge is 2.34. The zero-order chi connectivity index (χ0) is 21.8. The molecule has 0 unspecified atom stereocenters. The van der Waals surface area contributed by atoms with Crippen molar-refractivity contribution in [3.05, 3.63) is 69.7 Å². The molecule has 3 rings (SSSR count). The molecule has 1 aliphatic heterocycles. The fourth-order valence-electron chi connectivity index (χ4n) is 3.51. The van der Waals surface area contributed by atoms with Crippen molar-refractivity contribution < 1.29 is 18.8 Å². The molecular formula is C21H23FN4O4. The predicted molar refractivity (Wildman–Crippen MR) is 110 cm³/mol. The Morgan fingerprint density at radius 2 is 1.97 bits per heavy atom. The summed E-state index contributed by atoms with van der Waals surface area (Å²) in [6, 6.07) is 10.2. The van der Waals surface area contributed by atoms with E-state index in [9.17, 15) is 19.3 Å². The van der Waals surface area contributed by atoms with Crippen molar-refractivity contribution in [3.8, 4) is 5.75 Å². The van der Waals surface area contributed by atoms with Gasteiger partial charge < -0.3 is 15.4 Å². The van der Waals surface area contributed by atoms with Gasteiger partial charge in [0.1, 0.15) is 35.6 Å². The molecule has 2 aromatic carbocycles. The highest BCUT2D eigenvalue weighted by atomic mass is 19.1. The number of nitro groups is 1. The zero-order valence-electron chi connectivity index (χ0n) is 16.7. The molecule has 0 amide bonds. The van der Waals surface area contributed by atoms with Crippen LogP contribution in [-0.2, 0) is 11.3 Å². The van der Waals surface area contributed by atoms with Gasteiger partial charge in [0.2, 0.25) is 0 Å². The number of halogens is 1. The van der Waals surface area contributed by atoms with E-state index in [4.69, 9.17) is 10.5 Å². The number of benzene rings is 2. The smallest absolute Gasteiger partial charge is 0.295 e. The lowest BCUT2D eigenvalue weighted by Gasteiger charge is -2.45. The van der Waals surface area contributed by atoms with Gasteiger partial charge in [-0.1, -0.05) is 12.1 Å². The number of hydrogen-bond donors (Lipinski definition) is 1. The second-order valence-corrected chi connectivity index (χ2v) is 7.29. The lowest BCUT2D eigenvalue weighted by molar-refractivity contribution is -0.384. The maximum Gasteiger partial charge on any atom is 0.295 e. The van der Waals surface area contributed by atoms with Gasteiger partial charge in [-0.05, 0) is 43.7 Å². The molecule has 0 aromatic heterocycles. The quantitative estimate of drug-likeness (QED) is 0.336. The SMILES string of the molecule is C[C@@H]1C(=C=O)N(Cc2ccc(F)cc2)[C@@H](C)CN1COc1ccc(N)c([N+](=O)[O-])c1. The van der Waals surface area contributed by atoms with Crippen LogP contribution in [0.5, 0.6) is 5.75 Å². The number of anilines is 1. The standard InChI is InChI=1S/C21H23FN4O4/c1-14-10-24(13-30-18-7-8-19(23)20(9-18)26(28)29)15(2)21(12-27)25(14)11-16-3-5-17(22)6-4-16/h3-9,14-15H,10-11,13,23H2,1-2H3/t14-,15+/m0/s1. The van der Waals surface area contributed by atoms with Crippen LogP contribution in [0.3, 0.4) is 0 Å². The van der Waals surface area contributed by atoms with Gasteiger partial charge in [-0.25, -0.2) is 9.18 Å². The lowest BCUT2D eigenvalue weighted by Crippen LogP contribution is -2.55. The van der Waals surface area contributed by atoms with Gasteiger partial charge in [-0.15, -0.1) is 0 Å². The fraction of sp³-hybridized carbons (Fsp3) is 0.333. The minimum absolute atomic E-state index is 0.0212. The molecule has 0 spiro atoms. The highest BCUT2D eigenvalue weighted by Crippen LogP contribution is 2.28. The van der Waals surface area contributed by atoms with Gasteiger partial charge in [0.25, 0.3) is 5.69 Å². The van der Waals surface area contributed by atoms with E-state index in [2.05, 4.69) is 0 Å². The Bertz CT molecular complexity index is 975. The molecule has 1 saturated heterocycles. The van der Waals surface area contributed by atoms with E-state index in [-0.39, 0.29) is 36.0 Å². The molecule has 0 saturated carbocycles. The summed E-state index contributed by atoms with van der Waals surface area (Å²) in [4.78, 5) is 26.1. The number of ether oxygens (including phenoxy) is 1. The molecule has 1 fully saturated rings. The zero-order valence-corrected chi connectivity index (χ0v) is 16.7. The van der Waals surface area contributed by atoms with Crippen molar-refractivity contribution in [2.45, 2.75) is 32.5 Å². The molecule has 158 valence electrons. The maximum absolute atomic E-state index is 13.2. The molecule has 1 aliphatic rings. The van der Waals surface area contributed by atoms with Crippen molar-refractivity contribution >= 4 is 17.3 Å². The van der Waals surface area contributed by atoms with Gasteiger partial charge in [0.15, 0.2) is 0 Å². The molecule has 30 heavy (non-hydrogen) atoms. The summed E-state index contributed by atoms with van der Waals surface area (Å²) in [5.74, 6) is 2.05. The first kappa shape index (κ1) is 21.3. The molecule has 2 atom stereocenters. The van der Waals surface area contributed by atoms with Gasteiger partial charge in [0.05, 0.1) is 17.0 Å². The van der Waals surface area contributed by atoms with Crippen LogP contribution in [0.25, 0.3) is 0 Å². The second-order valence-electron chi connectivity index (χ2n) is 7.29. The molecule has 9 heteroatoms. The minimum atomic E-state index is -0.561. The highest BCUT2D eigenvalue weighted by molar-refractivity contribution is 5.60. The number of nitrogens with two attached hydrogens (primary N) is 1. The summed E-state index contributed by atoms with van der Waals surface area (Å²) >= 11 is 0. The van der Waals surface area contributed by atoms with Gasteiger partial charge in [0, 0.05) is 19.1 Å². The largest absolute Gasteiger partial charge is 0.478 e. The number of hydrogen-bond acceptors (Lipinski definition) is 7. The third kappa shape index (κ3) is 4.59. The molecule has 2 N–H and O–H groups in total. The van der Waals surface area contributed by atoms with Crippen LogP contribution in [0, 0.1) is 15.9 Å². The Morgan fingerprint density at radius 3 is 2.60 bits per heavy atom. The third-order valence-electron chi connectivity index (χ3n) is 5.25. The van der Waals surface area contributed by atoms with Crippen LogP contribution >= 0.6 is 0 Å². The van der Waals surface area contributed by atoms with Crippen molar-refractivity contribution in [3.63, 3.8) is 0 Å². The van der Waals surface area contributed by atoms with E-state index in [1.54, 1.807) is 18.2 Å². The number of nitro benzene ring substituents is 1. The van der Waals surface area contributed by atoms with Crippen molar-refractivity contribution in [1.29, 1.82) is 0 Å². The topological polar surface area (TPSA) is 102 Å². The van der Waals surface area contributed by atoms with Gasteiger partial charge in [-0.3, -0.25) is 15.0 Å². The van der Waals surface area contributed by atoms with Crippen LogP contribution in [0.1, 0.15) is 19.4 Å². The monoisotopic (exact) mass is 414 g/mol. The summed E-state index contributed by atoms with van der Waals surface area (Å²) < 4.78 is 18.9. The van der Waals surface area contributed by atoms with Crippen molar-refractivity contribution in [1.82, 2.24) is 9.80 Å². The number of nitrogen functional groups attached to an aromatic ring is 1. The molecule has 0 aliphatic carbocycles. The number of piperazine rings is 1. The van der Waals surface area contributed by atoms with Crippen LogP contribution in [0.4, 0.5) is 15.8 Å². The molecule has 8 nitrogen and oxygen atoms in total. The number of nitrogens with zero attached hydrogens (tertiary/aromatic N) is 3. The summed E-state index contributed by atoms with van der Waals surface area (Å²) in [6.45, 7) is 5.06. The Hall–Kier alpha value is -3.42. The fourth-order valence-corrected chi connectivity index (χ4v) is 3.51. The number of rotatable bonds is 6. The van der Waals surface area contributed by atoms with Gasteiger partial charge >= 0.3 is 0 Å². The Morgan fingerprint density at radius 1 is 1.27 bits per heavy atom. The normalized spacial score (nSPS) is 19.4. The lowest BCUT2D eigenvalue weighted by atomic mass is 10.0. The summed E-state index contributed by atoms with van der Waals surface area (Å²) in [5.41, 5.74) is 6.83. The Balaban J connectivity index is 1.70. The molecule has 1 heterocycles. The van der Waals surface area contributed by atoms with Crippen LogP contribution < -0.4 is 10.5 Å². The summed E-state index contributed by atoms with van der Waals surface area (Å²) in [5, 5.41) is 11.0. The van der Waals surface area contributed by atoms with Gasteiger partial charge in [-0.2, -0.15) is 0 Å². The molecule has 2 aromatic rings. The van der Waals surface area contributed by atoms with E-state index < -0.39 is 4.92 Å². The van der Waals surface area contributed by atoms with Crippen LogP contribution in [0.15, 0.2) is 48.2 Å². The van der Waals surface area contributed by atoms with E-state index in [1.165, 1.54) is 24.3 Å². The van der Waals surface area contributed by atoms with E-state index in [0.29, 0.717) is 24.5 Å². The minimum Gasteiger partial charge on any atom is -0.478 e. The van der Waals surface area contributed by atoms with E-state index in [0.717, 1.165) is 5.56 Å². The molecular weight excluding hydrogens is 391 g/mol. The first-order chi connectivity index (χ1) is 14.3. The number of carbonyl (C=O) groups excluding carboxylic acids is 1. The molecule has 0 bridgehead atoms. The summed E-state index contributed by atoms with van der Waals surface area (Å²) in [6.07, 6.45) is 0. The molecule has 0 radical (unpaired) electrons. The van der Waals surface area contributed by atoms with Crippen molar-refractivity contribution in [2.75, 3.05) is 19.0 Å². The Labute approximate surface area is 173 Å². The first-order valence-corrected chi connectivity index (χ1v) is 9.47. The third-order valence-corrected chi connectivity index (χ3v) is 5.25. The van der Waals surface area contributed by atoms with Crippen molar-refractivity contribution in [2.24, 2.45) is 0 Å².